The molecule has 0 atom stereocenters. The molecule has 0 saturated carbocycles. The molecule has 0 aromatic carbocycles. The zero-order valence-electron chi connectivity index (χ0n) is 8.57. The molecule has 0 rings (SSSR count). The molecule has 0 spiro atoms. The monoisotopic (exact) mass is 194 g/mol. The average Bonchev–Trinajstić information content (AvgIpc) is 1.82. The summed E-state index contributed by atoms with van der Waals surface area (Å²) in [5, 5.41) is 0. The molecular weight excluding hydrogens is 177 g/mol. The van der Waals surface area contributed by atoms with Crippen LogP contribution in [0.1, 0.15) is 34.1 Å². The van der Waals surface area contributed by atoms with Gasteiger partial charge in [-0.05, 0) is 5.92 Å². The molecule has 0 aromatic heterocycles. The van der Waals surface area contributed by atoms with Crippen LogP contribution in [0.2, 0.25) is 0 Å². The van der Waals surface area contributed by atoms with Crippen molar-refractivity contribution >= 4 is 0 Å². The summed E-state index contributed by atoms with van der Waals surface area (Å²) in [6.07, 6.45) is 0.528. The summed E-state index contributed by atoms with van der Waals surface area (Å²) in [5.74, 6) is -4.53. The van der Waals surface area contributed by atoms with Gasteiger partial charge in [-0.3, -0.25) is 0 Å². The van der Waals surface area contributed by atoms with Gasteiger partial charge in [-0.15, -0.1) is 0 Å². The van der Waals surface area contributed by atoms with Crippen molar-refractivity contribution in [3.05, 3.63) is 11.9 Å². The topological polar surface area (TPSA) is 0 Å². The van der Waals surface area contributed by atoms with Crippen molar-refractivity contribution in [1.29, 1.82) is 0 Å². The van der Waals surface area contributed by atoms with Gasteiger partial charge in [0.15, 0.2) is 0 Å². The molecular formula is C10H17F3. The van der Waals surface area contributed by atoms with Gasteiger partial charge in [-0.2, -0.15) is 0 Å². The molecule has 0 fully saturated rings. The second-order valence-corrected chi connectivity index (χ2v) is 4.02. The Labute approximate surface area is 77.8 Å². The van der Waals surface area contributed by atoms with E-state index in [1.807, 2.05) is 0 Å². The summed E-state index contributed by atoms with van der Waals surface area (Å²) in [7, 11) is 0. The predicted octanol–water partition coefficient (Wildman–Crippen LogP) is 4.18. The van der Waals surface area contributed by atoms with Crippen LogP contribution in [0.3, 0.4) is 0 Å². The fourth-order valence-corrected chi connectivity index (χ4v) is 0.824. The third-order valence-corrected chi connectivity index (χ3v) is 1.72. The summed E-state index contributed by atoms with van der Waals surface area (Å²) in [5.41, 5.74) is 0. The first-order chi connectivity index (χ1) is 5.75. The van der Waals surface area contributed by atoms with E-state index in [1.54, 1.807) is 13.8 Å². The minimum Gasteiger partial charge on any atom is -0.212 e. The molecule has 0 radical (unpaired) electrons. The van der Waals surface area contributed by atoms with E-state index >= 15 is 0 Å². The van der Waals surface area contributed by atoms with Gasteiger partial charge in [-0.1, -0.05) is 27.7 Å². The van der Waals surface area contributed by atoms with Gasteiger partial charge in [-0.25, -0.2) is 13.2 Å². The van der Waals surface area contributed by atoms with Crippen LogP contribution in [0.4, 0.5) is 13.2 Å². The van der Waals surface area contributed by atoms with Crippen LogP contribution >= 0.6 is 0 Å². The SMILES string of the molecule is CC(C)CC(F)=CC(F)(F)C(C)C. The van der Waals surface area contributed by atoms with Gasteiger partial charge in [0.2, 0.25) is 0 Å². The van der Waals surface area contributed by atoms with Gasteiger partial charge >= 0.3 is 0 Å². The van der Waals surface area contributed by atoms with E-state index in [0.29, 0.717) is 6.08 Å². The highest BCUT2D eigenvalue weighted by atomic mass is 19.3. The molecule has 0 aromatic rings. The zero-order chi connectivity index (χ0) is 10.6. The van der Waals surface area contributed by atoms with Gasteiger partial charge in [0, 0.05) is 18.4 Å². The van der Waals surface area contributed by atoms with Crippen molar-refractivity contribution in [3.63, 3.8) is 0 Å². The Morgan fingerprint density at radius 3 is 2.00 bits per heavy atom. The Kier molecular flexibility index (Phi) is 4.51. The van der Waals surface area contributed by atoms with E-state index in [0.717, 1.165) is 0 Å². The lowest BCUT2D eigenvalue weighted by molar-refractivity contribution is 0.00398. The molecule has 78 valence electrons. The standard InChI is InChI=1S/C10H17F3/c1-7(2)5-9(11)6-10(12,13)8(3)4/h6-8H,5H2,1-4H3. The number of hydrogen-bond acceptors (Lipinski definition) is 0. The number of halogens is 3. The van der Waals surface area contributed by atoms with E-state index in [1.165, 1.54) is 13.8 Å². The molecule has 0 heterocycles. The van der Waals surface area contributed by atoms with E-state index in [-0.39, 0.29) is 12.3 Å². The Morgan fingerprint density at radius 1 is 1.23 bits per heavy atom. The summed E-state index contributed by atoms with van der Waals surface area (Å²) in [6.45, 7) is 6.33. The van der Waals surface area contributed by atoms with E-state index in [4.69, 9.17) is 0 Å². The molecule has 0 amide bonds. The minimum atomic E-state index is -3.03. The molecule has 0 saturated heterocycles. The number of allylic oxidation sites excluding steroid dienone is 2. The normalized spacial score (nSPS) is 14.4. The lowest BCUT2D eigenvalue weighted by atomic mass is 10.0. The van der Waals surface area contributed by atoms with Gasteiger partial charge in [0.05, 0.1) is 0 Å². The summed E-state index contributed by atoms with van der Waals surface area (Å²) < 4.78 is 38.8. The van der Waals surface area contributed by atoms with Gasteiger partial charge < -0.3 is 0 Å². The van der Waals surface area contributed by atoms with Crippen molar-refractivity contribution < 1.29 is 13.2 Å². The third-order valence-electron chi connectivity index (χ3n) is 1.72. The predicted molar refractivity (Wildman–Crippen MR) is 48.4 cm³/mol. The smallest absolute Gasteiger partial charge is 0.212 e. The first kappa shape index (κ1) is 12.5. The van der Waals surface area contributed by atoms with Crippen LogP contribution < -0.4 is 0 Å². The lowest BCUT2D eigenvalue weighted by Gasteiger charge is -2.16. The first-order valence-corrected chi connectivity index (χ1v) is 4.50. The quantitative estimate of drug-likeness (QED) is 0.629. The number of alkyl halides is 2. The van der Waals surface area contributed by atoms with E-state index in [2.05, 4.69) is 0 Å². The molecule has 0 unspecified atom stereocenters. The van der Waals surface area contributed by atoms with Crippen LogP contribution in [0.15, 0.2) is 11.9 Å². The number of hydrogen-bond donors (Lipinski definition) is 0. The molecule has 0 N–H and O–H groups in total. The third kappa shape index (κ3) is 4.96. The largest absolute Gasteiger partial charge is 0.271 e. The van der Waals surface area contributed by atoms with E-state index in [9.17, 15) is 13.2 Å². The number of rotatable bonds is 4. The Bertz CT molecular complexity index is 181. The lowest BCUT2D eigenvalue weighted by Crippen LogP contribution is -2.20. The van der Waals surface area contributed by atoms with Crippen molar-refractivity contribution in [3.8, 4) is 0 Å². The Hall–Kier alpha value is -0.470. The molecule has 0 aliphatic heterocycles. The van der Waals surface area contributed by atoms with Crippen molar-refractivity contribution in [2.75, 3.05) is 0 Å². The maximum Gasteiger partial charge on any atom is 0.271 e. The fraction of sp³-hybridized carbons (Fsp3) is 0.800. The van der Waals surface area contributed by atoms with Crippen molar-refractivity contribution in [1.82, 2.24) is 0 Å². The highest BCUT2D eigenvalue weighted by molar-refractivity contribution is 5.02. The van der Waals surface area contributed by atoms with Crippen LogP contribution in [0, 0.1) is 11.8 Å². The molecule has 0 bridgehead atoms. The summed E-state index contributed by atoms with van der Waals surface area (Å²) in [4.78, 5) is 0. The maximum absolute atomic E-state index is 12.9. The molecule has 0 aliphatic rings. The average molecular weight is 194 g/mol. The first-order valence-electron chi connectivity index (χ1n) is 4.50. The molecule has 13 heavy (non-hydrogen) atoms. The second-order valence-electron chi connectivity index (χ2n) is 4.02. The summed E-state index contributed by atoms with van der Waals surface area (Å²) in [6, 6.07) is 0. The maximum atomic E-state index is 12.9. The highest BCUT2D eigenvalue weighted by Crippen LogP contribution is 2.28. The Morgan fingerprint density at radius 2 is 1.69 bits per heavy atom. The zero-order valence-corrected chi connectivity index (χ0v) is 8.57. The molecule has 3 heteroatoms. The van der Waals surface area contributed by atoms with Crippen LogP contribution in [0.25, 0.3) is 0 Å². The molecule has 0 nitrogen and oxygen atoms in total. The van der Waals surface area contributed by atoms with Gasteiger partial charge in [0.25, 0.3) is 5.92 Å². The van der Waals surface area contributed by atoms with Crippen molar-refractivity contribution in [2.24, 2.45) is 11.8 Å². The van der Waals surface area contributed by atoms with Crippen LogP contribution in [0.5, 0.6) is 0 Å². The minimum absolute atomic E-state index is 0.0687. The Balaban J connectivity index is 4.36. The van der Waals surface area contributed by atoms with Gasteiger partial charge in [0.1, 0.15) is 5.83 Å². The highest BCUT2D eigenvalue weighted by Gasteiger charge is 2.31. The van der Waals surface area contributed by atoms with E-state index < -0.39 is 17.7 Å². The van der Waals surface area contributed by atoms with Crippen molar-refractivity contribution in [2.45, 2.75) is 40.0 Å². The fourth-order valence-electron chi connectivity index (χ4n) is 0.824. The second kappa shape index (κ2) is 4.68. The molecule has 0 aliphatic carbocycles. The van der Waals surface area contributed by atoms with Crippen LogP contribution in [-0.2, 0) is 0 Å². The summed E-state index contributed by atoms with van der Waals surface area (Å²) >= 11 is 0. The van der Waals surface area contributed by atoms with Crippen LogP contribution in [-0.4, -0.2) is 5.92 Å².